The highest BCUT2D eigenvalue weighted by molar-refractivity contribution is 6.36. The van der Waals surface area contributed by atoms with Gasteiger partial charge in [0.2, 0.25) is 5.91 Å². The highest BCUT2D eigenvalue weighted by atomic mass is 35.5. The summed E-state index contributed by atoms with van der Waals surface area (Å²) in [5.41, 5.74) is 0.148. The van der Waals surface area contributed by atoms with E-state index in [-0.39, 0.29) is 22.4 Å². The van der Waals surface area contributed by atoms with Crippen LogP contribution in [0.15, 0.2) is 24.8 Å². The molecule has 0 aliphatic heterocycles. The predicted octanol–water partition coefficient (Wildman–Crippen LogP) is 2.49. The van der Waals surface area contributed by atoms with Crippen molar-refractivity contribution in [3.05, 3.63) is 34.8 Å². The van der Waals surface area contributed by atoms with Gasteiger partial charge in [-0.2, -0.15) is 5.10 Å². The summed E-state index contributed by atoms with van der Waals surface area (Å²) in [7, 11) is 0. The van der Waals surface area contributed by atoms with Gasteiger partial charge in [0.15, 0.2) is 5.75 Å². The molecule has 0 spiro atoms. The maximum Gasteiger partial charge on any atom is 0.249 e. The maximum atomic E-state index is 12.0. The fourth-order valence-corrected chi connectivity index (χ4v) is 1.93. The summed E-state index contributed by atoms with van der Waals surface area (Å²) in [6.45, 7) is 1.65. The quantitative estimate of drug-likeness (QED) is 0.854. The molecule has 100 valence electrons. The van der Waals surface area contributed by atoms with Gasteiger partial charge in [0.1, 0.15) is 18.7 Å². The molecule has 0 saturated heterocycles. The van der Waals surface area contributed by atoms with Gasteiger partial charge in [0.25, 0.3) is 0 Å². The molecule has 2 rings (SSSR count). The predicted molar refractivity (Wildman–Crippen MR) is 71.5 cm³/mol. The number of phenolic OH excluding ortho intramolecular Hbond substituents is 1. The fourth-order valence-electron chi connectivity index (χ4n) is 1.44. The summed E-state index contributed by atoms with van der Waals surface area (Å²) in [6.07, 6.45) is 2.76. The molecule has 1 atom stereocenters. The molecule has 0 bridgehead atoms. The number of carbonyl (C=O) groups is 1. The number of halogens is 2. The number of benzene rings is 1. The summed E-state index contributed by atoms with van der Waals surface area (Å²) in [5, 5.41) is 16.5. The third-order valence-corrected chi connectivity index (χ3v) is 3.01. The van der Waals surface area contributed by atoms with Gasteiger partial charge in [-0.3, -0.25) is 4.79 Å². The van der Waals surface area contributed by atoms with Crippen molar-refractivity contribution in [1.82, 2.24) is 14.8 Å². The average molecular weight is 301 g/mol. The molecule has 1 aromatic heterocycles. The van der Waals surface area contributed by atoms with Gasteiger partial charge in [-0.05, 0) is 19.1 Å². The number of anilines is 1. The second-order valence-electron chi connectivity index (χ2n) is 3.82. The van der Waals surface area contributed by atoms with E-state index >= 15 is 0 Å². The van der Waals surface area contributed by atoms with Gasteiger partial charge in [-0.15, -0.1) is 0 Å². The van der Waals surface area contributed by atoms with Crippen LogP contribution in [0.1, 0.15) is 13.0 Å². The third-order valence-electron chi connectivity index (χ3n) is 2.50. The summed E-state index contributed by atoms with van der Waals surface area (Å²) < 4.78 is 1.39. The highest BCUT2D eigenvalue weighted by Gasteiger charge is 2.18. The smallest absolute Gasteiger partial charge is 0.249 e. The fraction of sp³-hybridized carbons (Fsp3) is 0.182. The number of nitrogens with one attached hydrogen (secondary N) is 1. The molecule has 1 aromatic carbocycles. The summed E-state index contributed by atoms with van der Waals surface area (Å²) >= 11 is 11.6. The van der Waals surface area contributed by atoms with E-state index in [1.807, 2.05) is 0 Å². The zero-order valence-electron chi connectivity index (χ0n) is 9.84. The van der Waals surface area contributed by atoms with Crippen LogP contribution in [0.25, 0.3) is 0 Å². The van der Waals surface area contributed by atoms with Crippen LogP contribution in [-0.2, 0) is 4.79 Å². The molecule has 1 amide bonds. The lowest BCUT2D eigenvalue weighted by Gasteiger charge is -2.13. The van der Waals surface area contributed by atoms with Crippen molar-refractivity contribution in [2.24, 2.45) is 0 Å². The highest BCUT2D eigenvalue weighted by Crippen LogP contribution is 2.35. The Hall–Kier alpha value is -1.79. The second-order valence-corrected chi connectivity index (χ2v) is 4.67. The van der Waals surface area contributed by atoms with Gasteiger partial charge in [-0.1, -0.05) is 23.2 Å². The zero-order chi connectivity index (χ0) is 14.0. The van der Waals surface area contributed by atoms with Crippen LogP contribution in [-0.4, -0.2) is 25.8 Å². The minimum absolute atomic E-state index is 0.0659. The van der Waals surface area contributed by atoms with Crippen LogP contribution in [0.5, 0.6) is 5.75 Å². The molecular weight excluding hydrogens is 291 g/mol. The standard InChI is InChI=1S/C11H10Cl2N4O2/c1-6(17-5-14-4-15-17)11(19)16-9-3-7(12)2-8(13)10(9)18/h2-6,18H,1H3,(H,16,19). The number of nitrogens with zero attached hydrogens (tertiary/aromatic N) is 3. The number of rotatable bonds is 3. The minimum Gasteiger partial charge on any atom is -0.504 e. The van der Waals surface area contributed by atoms with Gasteiger partial charge in [0, 0.05) is 5.02 Å². The summed E-state index contributed by atoms with van der Waals surface area (Å²) in [4.78, 5) is 15.7. The zero-order valence-corrected chi connectivity index (χ0v) is 11.4. The number of carbonyl (C=O) groups excluding carboxylic acids is 1. The van der Waals surface area contributed by atoms with E-state index < -0.39 is 6.04 Å². The first-order chi connectivity index (χ1) is 8.99. The molecule has 19 heavy (non-hydrogen) atoms. The Morgan fingerprint density at radius 2 is 2.21 bits per heavy atom. The first-order valence-corrected chi connectivity index (χ1v) is 6.07. The molecule has 2 aromatic rings. The number of amides is 1. The lowest BCUT2D eigenvalue weighted by molar-refractivity contribution is -0.119. The molecule has 0 saturated carbocycles. The summed E-state index contributed by atoms with van der Waals surface area (Å²) in [5.74, 6) is -0.607. The van der Waals surface area contributed by atoms with Gasteiger partial charge >= 0.3 is 0 Å². The first-order valence-electron chi connectivity index (χ1n) is 5.32. The topological polar surface area (TPSA) is 80.0 Å². The van der Waals surface area contributed by atoms with Crippen molar-refractivity contribution in [1.29, 1.82) is 0 Å². The molecule has 0 aliphatic rings. The van der Waals surface area contributed by atoms with E-state index in [4.69, 9.17) is 23.2 Å². The SMILES string of the molecule is CC(C(=O)Nc1cc(Cl)cc(Cl)c1O)n1cncn1. The van der Waals surface area contributed by atoms with Crippen LogP contribution in [0.3, 0.4) is 0 Å². The Bertz CT molecular complexity index is 601. The molecule has 2 N–H and O–H groups in total. The van der Waals surface area contributed by atoms with Crippen LogP contribution in [0, 0.1) is 0 Å². The van der Waals surface area contributed by atoms with E-state index in [1.165, 1.54) is 29.5 Å². The number of aromatic nitrogens is 3. The van der Waals surface area contributed by atoms with Crippen LogP contribution < -0.4 is 5.32 Å². The Morgan fingerprint density at radius 1 is 1.47 bits per heavy atom. The van der Waals surface area contributed by atoms with E-state index in [2.05, 4.69) is 15.4 Å². The molecule has 6 nitrogen and oxygen atoms in total. The van der Waals surface area contributed by atoms with Crippen molar-refractivity contribution >= 4 is 34.8 Å². The Balaban J connectivity index is 2.20. The van der Waals surface area contributed by atoms with Crippen LogP contribution in [0.2, 0.25) is 10.0 Å². The van der Waals surface area contributed by atoms with Crippen molar-refractivity contribution < 1.29 is 9.90 Å². The van der Waals surface area contributed by atoms with Crippen molar-refractivity contribution in [2.45, 2.75) is 13.0 Å². The van der Waals surface area contributed by atoms with Crippen molar-refractivity contribution in [2.75, 3.05) is 5.32 Å². The maximum absolute atomic E-state index is 12.0. The number of phenols is 1. The van der Waals surface area contributed by atoms with Gasteiger partial charge in [-0.25, -0.2) is 9.67 Å². The molecule has 1 heterocycles. The second kappa shape index (κ2) is 5.46. The monoisotopic (exact) mass is 300 g/mol. The normalized spacial score (nSPS) is 12.2. The van der Waals surface area contributed by atoms with Crippen molar-refractivity contribution in [3.8, 4) is 5.75 Å². The number of hydrogen-bond acceptors (Lipinski definition) is 4. The van der Waals surface area contributed by atoms with E-state index in [0.717, 1.165) is 0 Å². The lowest BCUT2D eigenvalue weighted by Crippen LogP contribution is -2.24. The van der Waals surface area contributed by atoms with Gasteiger partial charge < -0.3 is 10.4 Å². The van der Waals surface area contributed by atoms with E-state index in [9.17, 15) is 9.90 Å². The lowest BCUT2D eigenvalue weighted by atomic mass is 10.2. The molecular formula is C11H10Cl2N4O2. The van der Waals surface area contributed by atoms with E-state index in [1.54, 1.807) is 6.92 Å². The van der Waals surface area contributed by atoms with Gasteiger partial charge in [0.05, 0.1) is 10.7 Å². The van der Waals surface area contributed by atoms with Crippen LogP contribution >= 0.6 is 23.2 Å². The summed E-state index contributed by atoms with van der Waals surface area (Å²) in [6, 6.07) is 2.21. The molecule has 0 radical (unpaired) electrons. The Morgan fingerprint density at radius 3 is 2.84 bits per heavy atom. The first kappa shape index (κ1) is 13.6. The molecule has 1 unspecified atom stereocenters. The Labute approximate surface area is 119 Å². The average Bonchev–Trinajstić information content (AvgIpc) is 2.88. The van der Waals surface area contributed by atoms with Crippen molar-refractivity contribution in [3.63, 3.8) is 0 Å². The van der Waals surface area contributed by atoms with Crippen LogP contribution in [0.4, 0.5) is 5.69 Å². The Kier molecular flexibility index (Phi) is 3.92. The number of aromatic hydroxyl groups is 1. The minimum atomic E-state index is -0.584. The molecule has 8 heteroatoms. The molecule has 0 fully saturated rings. The van der Waals surface area contributed by atoms with E-state index in [0.29, 0.717) is 5.02 Å². The number of hydrogen-bond donors (Lipinski definition) is 2. The third kappa shape index (κ3) is 2.97. The molecule has 0 aliphatic carbocycles. The largest absolute Gasteiger partial charge is 0.504 e.